The number of aromatic nitrogens is 5. The number of rotatable bonds is 4. The Kier molecular flexibility index (Phi) is 4.31. The molecule has 2 atom stereocenters. The van der Waals surface area contributed by atoms with Gasteiger partial charge in [0.05, 0.1) is 0 Å². The van der Waals surface area contributed by atoms with Crippen molar-refractivity contribution in [2.75, 3.05) is 25.0 Å². The Hall–Kier alpha value is -2.54. The zero-order chi connectivity index (χ0) is 17.2. The number of tetrazole rings is 1. The predicted molar refractivity (Wildman–Crippen MR) is 96.3 cm³/mol. The van der Waals surface area contributed by atoms with Gasteiger partial charge in [-0.05, 0) is 40.5 Å². The molecule has 0 bridgehead atoms. The second kappa shape index (κ2) is 6.76. The van der Waals surface area contributed by atoms with Crippen molar-refractivity contribution in [3.05, 3.63) is 48.0 Å². The van der Waals surface area contributed by atoms with Crippen LogP contribution in [0.25, 0.3) is 5.65 Å². The Labute approximate surface area is 147 Å². The van der Waals surface area contributed by atoms with E-state index in [1.54, 1.807) is 0 Å². The average Bonchev–Trinajstić information content (AvgIpc) is 3.10. The van der Waals surface area contributed by atoms with E-state index in [9.17, 15) is 0 Å². The van der Waals surface area contributed by atoms with Crippen LogP contribution in [0.1, 0.15) is 18.9 Å². The van der Waals surface area contributed by atoms with Crippen LogP contribution in [0, 0.1) is 5.92 Å². The van der Waals surface area contributed by atoms with E-state index in [1.165, 1.54) is 10.2 Å². The summed E-state index contributed by atoms with van der Waals surface area (Å²) in [5.74, 6) is 1.47. The zero-order valence-electron chi connectivity index (χ0n) is 14.7. The highest BCUT2D eigenvalue weighted by atomic mass is 15.6. The number of hydrogen-bond acceptors (Lipinski definition) is 6. The van der Waals surface area contributed by atoms with Crippen LogP contribution in [0.3, 0.4) is 0 Å². The van der Waals surface area contributed by atoms with E-state index in [0.29, 0.717) is 17.6 Å². The first-order chi connectivity index (χ1) is 12.2. The normalized spacial score (nSPS) is 21.5. The summed E-state index contributed by atoms with van der Waals surface area (Å²) in [5.41, 5.74) is 2.05. The minimum atomic E-state index is 0.466. The van der Waals surface area contributed by atoms with Crippen LogP contribution in [0.4, 0.5) is 5.82 Å². The summed E-state index contributed by atoms with van der Waals surface area (Å²) in [6.45, 7) is 5.54. The number of nitrogens with zero attached hydrogens (tertiary/aromatic N) is 7. The Morgan fingerprint density at radius 2 is 2.00 bits per heavy atom. The molecular weight excluding hydrogens is 314 g/mol. The van der Waals surface area contributed by atoms with Crippen molar-refractivity contribution in [2.45, 2.75) is 25.9 Å². The van der Waals surface area contributed by atoms with Gasteiger partial charge < -0.3 is 4.90 Å². The maximum atomic E-state index is 4.52. The fourth-order valence-corrected chi connectivity index (χ4v) is 3.78. The van der Waals surface area contributed by atoms with Gasteiger partial charge in [0.25, 0.3) is 0 Å². The first kappa shape index (κ1) is 16.0. The number of hydrogen-bond donors (Lipinski definition) is 0. The molecule has 3 aromatic rings. The summed E-state index contributed by atoms with van der Waals surface area (Å²) in [6, 6.07) is 15.1. The molecule has 0 amide bonds. The number of anilines is 1. The van der Waals surface area contributed by atoms with Crippen molar-refractivity contribution < 1.29 is 0 Å². The Morgan fingerprint density at radius 3 is 2.80 bits per heavy atom. The largest absolute Gasteiger partial charge is 0.355 e. The number of fused-ring (bicyclic) bond motifs is 1. The van der Waals surface area contributed by atoms with Crippen molar-refractivity contribution >= 4 is 11.5 Å². The van der Waals surface area contributed by atoms with Gasteiger partial charge in [-0.1, -0.05) is 37.3 Å². The molecule has 3 heterocycles. The average molecular weight is 337 g/mol. The van der Waals surface area contributed by atoms with Gasteiger partial charge in [-0.3, -0.25) is 4.90 Å². The molecule has 4 rings (SSSR count). The molecule has 1 fully saturated rings. The predicted octanol–water partition coefficient (Wildman–Crippen LogP) is 1.87. The van der Waals surface area contributed by atoms with Gasteiger partial charge in [0.15, 0.2) is 11.5 Å². The Bertz CT molecular complexity index is 832. The number of benzene rings is 1. The summed E-state index contributed by atoms with van der Waals surface area (Å²) < 4.78 is 1.49. The molecule has 0 unspecified atom stereocenters. The molecule has 0 N–H and O–H groups in total. The van der Waals surface area contributed by atoms with Crippen molar-refractivity contribution in [3.8, 4) is 0 Å². The van der Waals surface area contributed by atoms with Gasteiger partial charge in [0.2, 0.25) is 0 Å². The quantitative estimate of drug-likeness (QED) is 0.724. The van der Waals surface area contributed by atoms with E-state index in [-0.39, 0.29) is 0 Å². The smallest absolute Gasteiger partial charge is 0.200 e. The summed E-state index contributed by atoms with van der Waals surface area (Å²) in [6.07, 6.45) is 1.12. The summed E-state index contributed by atoms with van der Waals surface area (Å²) in [5, 5.41) is 16.0. The Balaban J connectivity index is 1.43. The molecule has 0 saturated carbocycles. The standard InChI is InChI=1S/C18H23N7/c1-14-12-24(13-15-6-4-3-5-7-15)11-10-16(14)23(2)18-9-8-17-19-21-22-25(17)20-18/h3-9,14,16H,10-13H2,1-2H3/t14-,16+/m1/s1. The second-order valence-electron chi connectivity index (χ2n) is 6.88. The highest BCUT2D eigenvalue weighted by Crippen LogP contribution is 2.25. The van der Waals surface area contributed by atoms with E-state index in [4.69, 9.17) is 0 Å². The van der Waals surface area contributed by atoms with Crippen LogP contribution in [0.2, 0.25) is 0 Å². The Morgan fingerprint density at radius 1 is 1.16 bits per heavy atom. The van der Waals surface area contributed by atoms with Gasteiger partial charge in [-0.15, -0.1) is 14.8 Å². The third kappa shape index (κ3) is 3.32. The molecule has 0 radical (unpaired) electrons. The minimum Gasteiger partial charge on any atom is -0.355 e. The fourth-order valence-electron chi connectivity index (χ4n) is 3.78. The van der Waals surface area contributed by atoms with Crippen LogP contribution in [0.5, 0.6) is 0 Å². The number of likely N-dealkylation sites (tertiary alicyclic amines) is 1. The maximum absolute atomic E-state index is 4.52. The molecule has 1 saturated heterocycles. The molecule has 1 aliphatic heterocycles. The van der Waals surface area contributed by atoms with Crippen LogP contribution in [-0.4, -0.2) is 56.3 Å². The molecule has 7 heteroatoms. The van der Waals surface area contributed by atoms with Gasteiger partial charge in [0, 0.05) is 32.7 Å². The molecule has 7 nitrogen and oxygen atoms in total. The van der Waals surface area contributed by atoms with Crippen molar-refractivity contribution in [2.24, 2.45) is 5.92 Å². The highest BCUT2D eigenvalue weighted by Gasteiger charge is 2.29. The second-order valence-corrected chi connectivity index (χ2v) is 6.88. The SMILES string of the molecule is C[C@@H]1CN(Cc2ccccc2)CC[C@@H]1N(C)c1ccc2nnnn2n1. The van der Waals surface area contributed by atoms with E-state index in [0.717, 1.165) is 31.9 Å². The van der Waals surface area contributed by atoms with E-state index in [2.05, 4.69) is 74.7 Å². The monoisotopic (exact) mass is 337 g/mol. The molecule has 130 valence electrons. The zero-order valence-corrected chi connectivity index (χ0v) is 14.7. The minimum absolute atomic E-state index is 0.466. The maximum Gasteiger partial charge on any atom is 0.200 e. The van der Waals surface area contributed by atoms with Gasteiger partial charge in [-0.25, -0.2) is 0 Å². The fraction of sp³-hybridized carbons (Fsp3) is 0.444. The summed E-state index contributed by atoms with van der Waals surface area (Å²) in [7, 11) is 2.12. The molecule has 2 aromatic heterocycles. The molecule has 25 heavy (non-hydrogen) atoms. The van der Waals surface area contributed by atoms with Gasteiger partial charge >= 0.3 is 0 Å². The third-order valence-electron chi connectivity index (χ3n) is 5.11. The highest BCUT2D eigenvalue weighted by molar-refractivity contribution is 5.44. The van der Waals surface area contributed by atoms with Crippen molar-refractivity contribution in [1.29, 1.82) is 0 Å². The number of piperidine rings is 1. The first-order valence-corrected chi connectivity index (χ1v) is 8.75. The third-order valence-corrected chi connectivity index (χ3v) is 5.11. The van der Waals surface area contributed by atoms with Crippen LogP contribution < -0.4 is 4.90 Å². The van der Waals surface area contributed by atoms with E-state index >= 15 is 0 Å². The van der Waals surface area contributed by atoms with E-state index in [1.807, 2.05) is 12.1 Å². The van der Waals surface area contributed by atoms with Gasteiger partial charge in [0.1, 0.15) is 0 Å². The lowest BCUT2D eigenvalue weighted by molar-refractivity contribution is 0.155. The van der Waals surface area contributed by atoms with Gasteiger partial charge in [-0.2, -0.15) is 0 Å². The molecule has 1 aliphatic rings. The topological polar surface area (TPSA) is 62.5 Å². The van der Waals surface area contributed by atoms with Crippen LogP contribution >= 0.6 is 0 Å². The summed E-state index contributed by atoms with van der Waals surface area (Å²) >= 11 is 0. The molecule has 0 aliphatic carbocycles. The van der Waals surface area contributed by atoms with Crippen molar-refractivity contribution in [1.82, 2.24) is 30.2 Å². The lowest BCUT2D eigenvalue weighted by Crippen LogP contribution is -2.49. The lowest BCUT2D eigenvalue weighted by atomic mass is 9.92. The molecule has 0 spiro atoms. The van der Waals surface area contributed by atoms with Crippen molar-refractivity contribution in [3.63, 3.8) is 0 Å². The van der Waals surface area contributed by atoms with E-state index < -0.39 is 0 Å². The molecular formula is C18H23N7. The van der Waals surface area contributed by atoms with Crippen LogP contribution in [0.15, 0.2) is 42.5 Å². The summed E-state index contributed by atoms with van der Waals surface area (Å²) in [4.78, 5) is 4.81. The first-order valence-electron chi connectivity index (χ1n) is 8.75. The lowest BCUT2D eigenvalue weighted by Gasteiger charge is -2.41. The molecule has 1 aromatic carbocycles. The van der Waals surface area contributed by atoms with Crippen LogP contribution in [-0.2, 0) is 6.54 Å².